The molecule has 0 bridgehead atoms. The summed E-state index contributed by atoms with van der Waals surface area (Å²) in [5.74, 6) is 0.598. The SMILES string of the molecule is C=C(C)C(C)(C)c1ccccc1OC=O.[B]CC. The first-order valence-corrected chi connectivity index (χ1v) is 5.97. The normalized spacial score (nSPS) is 10.0. The third-order valence-corrected chi connectivity index (χ3v) is 2.80. The van der Waals surface area contributed by atoms with Crippen molar-refractivity contribution in [2.75, 3.05) is 0 Å². The molecular weight excluding hydrogens is 223 g/mol. The van der Waals surface area contributed by atoms with Crippen molar-refractivity contribution in [3.8, 4) is 5.75 Å². The molecule has 0 fully saturated rings. The summed E-state index contributed by atoms with van der Waals surface area (Å²) in [4.78, 5) is 10.4. The molecule has 0 aromatic heterocycles. The topological polar surface area (TPSA) is 26.3 Å². The van der Waals surface area contributed by atoms with Crippen LogP contribution in [0, 0.1) is 0 Å². The molecule has 0 aliphatic heterocycles. The fraction of sp³-hybridized carbons (Fsp3) is 0.400. The van der Waals surface area contributed by atoms with Crippen LogP contribution in [0.4, 0.5) is 0 Å². The second kappa shape index (κ2) is 7.75. The molecule has 0 amide bonds. The van der Waals surface area contributed by atoms with Crippen LogP contribution in [0.1, 0.15) is 33.3 Å². The van der Waals surface area contributed by atoms with Crippen LogP contribution in [0.3, 0.4) is 0 Å². The summed E-state index contributed by atoms with van der Waals surface area (Å²) in [5.41, 5.74) is 1.81. The van der Waals surface area contributed by atoms with Gasteiger partial charge in [-0.3, -0.25) is 4.79 Å². The summed E-state index contributed by atoms with van der Waals surface area (Å²) in [7, 11) is 4.85. The molecule has 0 aliphatic carbocycles. The third kappa shape index (κ3) is 4.40. The van der Waals surface area contributed by atoms with Crippen molar-refractivity contribution in [2.24, 2.45) is 0 Å². The molecule has 2 radical (unpaired) electrons. The van der Waals surface area contributed by atoms with E-state index in [2.05, 4.69) is 20.4 Å². The van der Waals surface area contributed by atoms with Crippen LogP contribution in [0.25, 0.3) is 0 Å². The predicted octanol–water partition coefficient (Wildman–Crippen LogP) is 3.67. The zero-order valence-corrected chi connectivity index (χ0v) is 11.7. The molecule has 0 saturated carbocycles. The van der Waals surface area contributed by atoms with Gasteiger partial charge in [0.2, 0.25) is 0 Å². The largest absolute Gasteiger partial charge is 0.428 e. The molecule has 0 aliphatic rings. The minimum absolute atomic E-state index is 0.195. The van der Waals surface area contributed by atoms with Gasteiger partial charge in [0.25, 0.3) is 6.47 Å². The van der Waals surface area contributed by atoms with Crippen LogP contribution >= 0.6 is 0 Å². The van der Waals surface area contributed by atoms with E-state index >= 15 is 0 Å². The summed E-state index contributed by atoms with van der Waals surface area (Å²) < 4.78 is 4.95. The maximum atomic E-state index is 10.4. The van der Waals surface area contributed by atoms with Crippen LogP contribution in [0.2, 0.25) is 6.32 Å². The zero-order valence-electron chi connectivity index (χ0n) is 11.7. The second-order valence-corrected chi connectivity index (χ2v) is 4.52. The van der Waals surface area contributed by atoms with Crippen LogP contribution in [0.15, 0.2) is 36.4 Å². The van der Waals surface area contributed by atoms with E-state index in [-0.39, 0.29) is 5.41 Å². The molecule has 96 valence electrons. The minimum Gasteiger partial charge on any atom is -0.428 e. The third-order valence-electron chi connectivity index (χ3n) is 2.80. The summed E-state index contributed by atoms with van der Waals surface area (Å²) >= 11 is 0. The van der Waals surface area contributed by atoms with E-state index in [4.69, 9.17) is 12.6 Å². The van der Waals surface area contributed by atoms with Crippen molar-refractivity contribution in [3.63, 3.8) is 0 Å². The number of para-hydroxylation sites is 1. The van der Waals surface area contributed by atoms with Gasteiger partial charge in [0, 0.05) is 11.0 Å². The number of hydrogen-bond donors (Lipinski definition) is 0. The second-order valence-electron chi connectivity index (χ2n) is 4.52. The quantitative estimate of drug-likeness (QED) is 0.459. The average molecular weight is 244 g/mol. The lowest BCUT2D eigenvalue weighted by Crippen LogP contribution is -2.19. The number of carbonyl (C=O) groups excluding carboxylic acids is 1. The monoisotopic (exact) mass is 244 g/mol. The van der Waals surface area contributed by atoms with E-state index in [1.54, 1.807) is 6.07 Å². The van der Waals surface area contributed by atoms with E-state index in [1.807, 2.05) is 32.0 Å². The fourth-order valence-electron chi connectivity index (χ4n) is 1.37. The van der Waals surface area contributed by atoms with Gasteiger partial charge in [-0.2, -0.15) is 0 Å². The minimum atomic E-state index is -0.195. The van der Waals surface area contributed by atoms with Crippen LogP contribution in [0.5, 0.6) is 5.75 Å². The Bertz CT molecular complexity index is 397. The Hall–Kier alpha value is -1.51. The van der Waals surface area contributed by atoms with Crippen molar-refractivity contribution < 1.29 is 9.53 Å². The zero-order chi connectivity index (χ0) is 14.2. The predicted molar refractivity (Wildman–Crippen MR) is 77.2 cm³/mol. The molecule has 2 nitrogen and oxygen atoms in total. The van der Waals surface area contributed by atoms with Crippen LogP contribution in [-0.4, -0.2) is 14.3 Å². The van der Waals surface area contributed by atoms with Crippen molar-refractivity contribution in [3.05, 3.63) is 42.0 Å². The number of benzene rings is 1. The van der Waals surface area contributed by atoms with Crippen LogP contribution in [-0.2, 0) is 10.2 Å². The average Bonchev–Trinajstić information content (AvgIpc) is 2.31. The molecule has 3 heteroatoms. The van der Waals surface area contributed by atoms with Crippen molar-refractivity contribution in [1.82, 2.24) is 0 Å². The first-order chi connectivity index (χ1) is 8.41. The molecular formula is C15H21BO2. The molecule has 0 spiro atoms. The van der Waals surface area contributed by atoms with Gasteiger partial charge in [-0.05, 0) is 13.0 Å². The fourth-order valence-corrected chi connectivity index (χ4v) is 1.37. The maximum Gasteiger partial charge on any atom is 0.298 e. The first-order valence-electron chi connectivity index (χ1n) is 5.97. The van der Waals surface area contributed by atoms with Crippen molar-refractivity contribution >= 4 is 14.3 Å². The number of hydrogen-bond acceptors (Lipinski definition) is 2. The summed E-state index contributed by atoms with van der Waals surface area (Å²) in [6.45, 7) is 12.4. The van der Waals surface area contributed by atoms with Crippen LogP contribution < -0.4 is 4.74 Å². The Balaban J connectivity index is 0.000000873. The standard InChI is InChI=1S/C13H16O2.C2H5B/c1-10(2)13(3,4)11-7-5-6-8-12(11)15-9-14;1-2-3/h5-9H,1H2,2-4H3;2H2,1H3. The van der Waals surface area contributed by atoms with E-state index < -0.39 is 0 Å². The van der Waals surface area contributed by atoms with Gasteiger partial charge in [0.15, 0.2) is 0 Å². The molecule has 0 saturated heterocycles. The summed E-state index contributed by atoms with van der Waals surface area (Å²) in [6.07, 6.45) is 0.750. The molecule has 0 atom stereocenters. The highest BCUT2D eigenvalue weighted by molar-refractivity contribution is 6.08. The Kier molecular flexibility index (Phi) is 7.10. The van der Waals surface area contributed by atoms with Gasteiger partial charge < -0.3 is 4.74 Å². The van der Waals surface area contributed by atoms with Gasteiger partial charge in [-0.15, -0.1) is 0 Å². The first kappa shape index (κ1) is 16.5. The van der Waals surface area contributed by atoms with Gasteiger partial charge in [0.05, 0.1) is 7.85 Å². The number of ether oxygens (including phenoxy) is 1. The lowest BCUT2D eigenvalue weighted by Gasteiger charge is -2.27. The summed E-state index contributed by atoms with van der Waals surface area (Å²) in [5, 5.41) is 0. The highest BCUT2D eigenvalue weighted by Gasteiger charge is 2.24. The molecule has 18 heavy (non-hydrogen) atoms. The van der Waals surface area contributed by atoms with E-state index in [0.29, 0.717) is 12.2 Å². The van der Waals surface area contributed by atoms with E-state index in [1.165, 1.54) is 0 Å². The van der Waals surface area contributed by atoms with Crippen molar-refractivity contribution in [1.29, 1.82) is 0 Å². The Morgan fingerprint density at radius 3 is 2.39 bits per heavy atom. The smallest absolute Gasteiger partial charge is 0.298 e. The molecule has 0 N–H and O–H groups in total. The Morgan fingerprint density at radius 2 is 1.94 bits per heavy atom. The highest BCUT2D eigenvalue weighted by Crippen LogP contribution is 2.35. The van der Waals surface area contributed by atoms with Gasteiger partial charge >= 0.3 is 0 Å². The van der Waals surface area contributed by atoms with Crippen molar-refractivity contribution in [2.45, 2.75) is 39.4 Å². The van der Waals surface area contributed by atoms with E-state index in [0.717, 1.165) is 17.5 Å². The van der Waals surface area contributed by atoms with Gasteiger partial charge in [-0.1, -0.05) is 57.4 Å². The maximum absolute atomic E-state index is 10.4. The molecule has 1 rings (SSSR count). The highest BCUT2D eigenvalue weighted by atomic mass is 16.5. The number of allylic oxidation sites excluding steroid dienone is 1. The molecule has 0 unspecified atom stereocenters. The van der Waals surface area contributed by atoms with Gasteiger partial charge in [-0.25, -0.2) is 0 Å². The molecule has 1 aromatic rings. The Labute approximate surface area is 111 Å². The molecule has 1 aromatic carbocycles. The Morgan fingerprint density at radius 1 is 1.44 bits per heavy atom. The lowest BCUT2D eigenvalue weighted by molar-refractivity contribution is -0.120. The van der Waals surface area contributed by atoms with Gasteiger partial charge in [0.1, 0.15) is 5.75 Å². The number of carbonyl (C=O) groups is 1. The molecule has 0 heterocycles. The lowest BCUT2D eigenvalue weighted by atomic mass is 9.78. The van der Waals surface area contributed by atoms with E-state index in [9.17, 15) is 4.79 Å². The summed E-state index contributed by atoms with van der Waals surface area (Å²) in [6, 6.07) is 7.51. The number of rotatable bonds is 4.